The van der Waals surface area contributed by atoms with Gasteiger partial charge < -0.3 is 0 Å². The quantitative estimate of drug-likeness (QED) is 0.111. The molecule has 0 aliphatic carbocycles. The topological polar surface area (TPSA) is 0 Å². The van der Waals surface area contributed by atoms with E-state index < -0.39 is 15.8 Å². The van der Waals surface area contributed by atoms with Gasteiger partial charge in [-0.2, -0.15) is 18.2 Å². The van der Waals surface area contributed by atoms with Crippen molar-refractivity contribution < 1.29 is 20.9 Å². The summed E-state index contributed by atoms with van der Waals surface area (Å²) < 4.78 is 11.9. The predicted octanol–water partition coefficient (Wildman–Crippen LogP) is 6.73. The van der Waals surface area contributed by atoms with E-state index in [2.05, 4.69) is 127 Å². The minimum Gasteiger partial charge on any atom is -0.284 e. The molecule has 0 N–H and O–H groups in total. The molecule has 0 radical (unpaired) electrons. The van der Waals surface area contributed by atoms with Crippen molar-refractivity contribution in [1.82, 2.24) is 0 Å². The Labute approximate surface area is 233 Å². The summed E-state index contributed by atoms with van der Waals surface area (Å²) >= 11 is 0. The Morgan fingerprint density at radius 3 is 1.08 bits per heavy atom. The smallest absolute Gasteiger partial charge is 0.0966 e. The van der Waals surface area contributed by atoms with Gasteiger partial charge in [0.2, 0.25) is 0 Å². The van der Waals surface area contributed by atoms with Gasteiger partial charge in [0.25, 0.3) is 0 Å². The van der Waals surface area contributed by atoms with E-state index in [1.807, 2.05) is 0 Å². The van der Waals surface area contributed by atoms with Crippen LogP contribution < -0.4 is 21.2 Å². The van der Waals surface area contributed by atoms with Crippen molar-refractivity contribution in [3.8, 4) is 0 Å². The van der Waals surface area contributed by atoms with Crippen LogP contribution in [0, 0.1) is 11.9 Å². The van der Waals surface area contributed by atoms with Crippen LogP contribution in [-0.4, -0.2) is 12.3 Å². The number of hydrogen-bond donors (Lipinski definition) is 0. The van der Waals surface area contributed by atoms with Crippen LogP contribution in [0.4, 0.5) is 4.39 Å². The van der Waals surface area contributed by atoms with Crippen molar-refractivity contribution in [2.75, 3.05) is 12.3 Å². The average Bonchev–Trinajstić information content (AvgIpc) is 2.96. The van der Waals surface area contributed by atoms with Crippen LogP contribution in [0.25, 0.3) is 0 Å². The van der Waals surface area contributed by atoms with Gasteiger partial charge >= 0.3 is 0 Å². The van der Waals surface area contributed by atoms with E-state index in [9.17, 15) is 4.39 Å². The summed E-state index contributed by atoms with van der Waals surface area (Å²) in [6.45, 7) is 0. The zero-order valence-corrected chi connectivity index (χ0v) is 23.7. The third kappa shape index (κ3) is 9.32. The second-order valence-electron chi connectivity index (χ2n) is 8.50. The summed E-state index contributed by atoms with van der Waals surface area (Å²) in [5, 5.41) is 6.10. The van der Waals surface area contributed by atoms with Crippen molar-refractivity contribution in [1.29, 1.82) is 0 Å². The van der Waals surface area contributed by atoms with Gasteiger partial charge in [-0.25, -0.2) is 0 Å². The first-order chi connectivity index (χ1) is 17.8. The van der Waals surface area contributed by atoms with Gasteiger partial charge in [-0.05, 0) is 48.5 Å². The molecule has 0 aliphatic heterocycles. The molecule has 5 rings (SSSR count). The number of benzene rings is 5. The SMILES string of the molecule is Fc1c[c-]ccc1.[Ni].c1ccc([PH+](CCC[PH+](c2ccccc2)c2ccccc2)c2ccccc2)cc1. The molecule has 0 saturated carbocycles. The maximum Gasteiger partial charge on any atom is 0.0966 e. The van der Waals surface area contributed by atoms with Crippen molar-refractivity contribution in [2.45, 2.75) is 6.42 Å². The average molecular weight is 568 g/mol. The van der Waals surface area contributed by atoms with Crippen LogP contribution >= 0.6 is 15.8 Å². The monoisotopic (exact) mass is 567 g/mol. The Hall–Kier alpha value is -2.62. The van der Waals surface area contributed by atoms with Crippen molar-refractivity contribution in [2.24, 2.45) is 0 Å². The fraction of sp³-hybridized carbons (Fsp3) is 0.0909. The number of halogens is 1. The summed E-state index contributed by atoms with van der Waals surface area (Å²) in [7, 11) is -1.48. The molecule has 0 unspecified atom stereocenters. The first-order valence-corrected chi connectivity index (χ1v) is 15.8. The molecule has 0 nitrogen and oxygen atoms in total. The molecule has 0 bridgehead atoms. The van der Waals surface area contributed by atoms with E-state index in [0.29, 0.717) is 0 Å². The Bertz CT molecular complexity index is 1090. The molecule has 0 amide bonds. The largest absolute Gasteiger partial charge is 0.284 e. The molecule has 4 heteroatoms. The van der Waals surface area contributed by atoms with Crippen LogP contribution in [0.3, 0.4) is 0 Å². The van der Waals surface area contributed by atoms with Crippen LogP contribution in [0.1, 0.15) is 6.42 Å². The molecule has 37 heavy (non-hydrogen) atoms. The Kier molecular flexibility index (Phi) is 12.7. The van der Waals surface area contributed by atoms with Gasteiger partial charge in [-0.15, -0.1) is 12.1 Å². The Balaban J connectivity index is 0.000000413. The van der Waals surface area contributed by atoms with Crippen molar-refractivity contribution in [3.05, 3.63) is 157 Å². The van der Waals surface area contributed by atoms with Gasteiger partial charge in [-0.3, -0.25) is 4.39 Å². The Morgan fingerprint density at radius 1 is 0.486 bits per heavy atom. The standard InChI is InChI=1S/C27H26P2.C6H4F.Ni/c1-5-14-24(15-6-1)28(25-16-7-2-8-17-25)22-13-23-29(26-18-9-3-10-19-26)27-20-11-4-12-21-27;7-6-4-2-1-3-5-6;/h1-12,14-21H,13,22-23H2;1-2,4-5H;/q;-1;/p+2. The van der Waals surface area contributed by atoms with E-state index in [1.165, 1.54) is 52.1 Å². The zero-order valence-electron chi connectivity index (χ0n) is 20.7. The molecule has 0 aliphatic rings. The molecule has 0 atom stereocenters. The zero-order chi connectivity index (χ0) is 24.8. The second kappa shape index (κ2) is 16.3. The minimum absolute atomic E-state index is 0. The maximum atomic E-state index is 11.9. The summed E-state index contributed by atoms with van der Waals surface area (Å²) in [4.78, 5) is 0. The third-order valence-electron chi connectivity index (χ3n) is 6.01. The first-order valence-electron chi connectivity index (χ1n) is 12.4. The molecular weight excluding hydrogens is 536 g/mol. The maximum absolute atomic E-state index is 11.9. The van der Waals surface area contributed by atoms with E-state index in [4.69, 9.17) is 0 Å². The van der Waals surface area contributed by atoms with Crippen LogP contribution in [0.15, 0.2) is 146 Å². The Morgan fingerprint density at radius 2 is 0.838 bits per heavy atom. The fourth-order valence-electron chi connectivity index (χ4n) is 4.28. The van der Waals surface area contributed by atoms with Crippen LogP contribution in [-0.2, 0) is 16.5 Å². The molecular formula is C33H32FNiP2+. The van der Waals surface area contributed by atoms with Gasteiger partial charge in [0.1, 0.15) is 0 Å². The van der Waals surface area contributed by atoms with Gasteiger partial charge in [0.05, 0.1) is 49.4 Å². The molecule has 0 spiro atoms. The summed E-state index contributed by atoms with van der Waals surface area (Å²) in [6.07, 6.45) is 3.84. The molecule has 0 aromatic heterocycles. The van der Waals surface area contributed by atoms with Gasteiger partial charge in [-0.1, -0.05) is 72.8 Å². The van der Waals surface area contributed by atoms with E-state index >= 15 is 0 Å². The van der Waals surface area contributed by atoms with Gasteiger partial charge in [0, 0.05) is 28.7 Å². The van der Waals surface area contributed by atoms with Crippen LogP contribution in [0.2, 0.25) is 0 Å². The predicted molar refractivity (Wildman–Crippen MR) is 161 cm³/mol. The molecule has 0 fully saturated rings. The summed E-state index contributed by atoms with van der Waals surface area (Å²) in [5.74, 6) is -0.234. The van der Waals surface area contributed by atoms with Crippen molar-refractivity contribution in [3.63, 3.8) is 0 Å². The number of rotatable bonds is 8. The fourth-order valence-corrected chi connectivity index (χ4v) is 9.90. The molecule has 190 valence electrons. The first kappa shape index (κ1) is 28.9. The third-order valence-corrected chi connectivity index (χ3v) is 11.8. The molecule has 5 aromatic rings. The number of hydrogen-bond acceptors (Lipinski definition) is 0. The normalized spacial score (nSPS) is 10.4. The van der Waals surface area contributed by atoms with Gasteiger partial charge in [0.15, 0.2) is 0 Å². The second-order valence-corrected chi connectivity index (χ2v) is 13.7. The van der Waals surface area contributed by atoms with E-state index in [-0.39, 0.29) is 22.3 Å². The van der Waals surface area contributed by atoms with Crippen molar-refractivity contribution >= 4 is 37.1 Å². The molecule has 0 heterocycles. The van der Waals surface area contributed by atoms with E-state index in [0.717, 1.165) is 0 Å². The minimum atomic E-state index is -0.742. The van der Waals surface area contributed by atoms with Crippen LogP contribution in [0.5, 0.6) is 0 Å². The molecule has 5 aromatic carbocycles. The summed E-state index contributed by atoms with van der Waals surface area (Å²) in [6, 6.07) is 53.1. The molecule has 0 saturated heterocycles. The van der Waals surface area contributed by atoms with E-state index in [1.54, 1.807) is 12.1 Å². The summed E-state index contributed by atoms with van der Waals surface area (Å²) in [5.41, 5.74) is 0.